The molecule has 1 rings (SSSR count). The summed E-state index contributed by atoms with van der Waals surface area (Å²) in [6, 6.07) is 3.01. The summed E-state index contributed by atoms with van der Waals surface area (Å²) in [5.74, 6) is 2.67. The van der Waals surface area contributed by atoms with Crippen LogP contribution in [0.3, 0.4) is 0 Å². The van der Waals surface area contributed by atoms with Gasteiger partial charge in [-0.1, -0.05) is 59.6 Å². The van der Waals surface area contributed by atoms with Gasteiger partial charge in [0, 0.05) is 0 Å². The van der Waals surface area contributed by atoms with Crippen LogP contribution in [0.25, 0.3) is 0 Å². The van der Waals surface area contributed by atoms with E-state index in [1.54, 1.807) is 0 Å². The monoisotopic (exact) mass is 351 g/mol. The molecule has 0 aliphatic heterocycles. The maximum atomic E-state index is 13.0. The summed E-state index contributed by atoms with van der Waals surface area (Å²) < 4.78 is 28.4. The molecule has 0 heterocycles. The van der Waals surface area contributed by atoms with Crippen molar-refractivity contribution in [3.8, 4) is 12.3 Å². The lowest BCUT2D eigenvalue weighted by atomic mass is 9.89. The first-order valence-electron chi connectivity index (χ1n) is 8.32. The highest BCUT2D eigenvalue weighted by molar-refractivity contribution is 7.89. The zero-order valence-corrected chi connectivity index (χ0v) is 16.2. The van der Waals surface area contributed by atoms with Crippen LogP contribution >= 0.6 is 0 Å². The Hall–Kier alpha value is -1.35. The number of hydrogen-bond acceptors (Lipinski definition) is 3. The maximum Gasteiger partial charge on any atom is 0.242 e. The zero-order chi connectivity index (χ0) is 18.7. The van der Waals surface area contributed by atoms with Gasteiger partial charge >= 0.3 is 0 Å². The summed E-state index contributed by atoms with van der Waals surface area (Å²) in [5, 5.41) is 9.24. The predicted octanol–water partition coefficient (Wildman–Crippen LogP) is 3.33. The van der Waals surface area contributed by atoms with Gasteiger partial charge in [0.15, 0.2) is 0 Å². The second-order valence-corrected chi connectivity index (χ2v) is 8.67. The summed E-state index contributed by atoms with van der Waals surface area (Å²) in [4.78, 5) is 0.297. The van der Waals surface area contributed by atoms with Crippen LogP contribution in [0.2, 0.25) is 0 Å². The van der Waals surface area contributed by atoms with Gasteiger partial charge in [0.05, 0.1) is 11.5 Å². The minimum absolute atomic E-state index is 0.0474. The number of sulfonamides is 1. The van der Waals surface area contributed by atoms with Crippen LogP contribution < -0.4 is 4.72 Å². The van der Waals surface area contributed by atoms with Gasteiger partial charge in [0.25, 0.3) is 0 Å². The highest BCUT2D eigenvalue weighted by atomic mass is 32.2. The molecule has 0 bridgehead atoms. The molecule has 5 heteroatoms. The normalized spacial score (nSPS) is 13.5. The minimum atomic E-state index is -3.83. The average Bonchev–Trinajstić information content (AvgIpc) is 2.50. The lowest BCUT2D eigenvalue weighted by Crippen LogP contribution is -2.37. The third-order valence-corrected chi connectivity index (χ3v) is 5.63. The third-order valence-electron chi connectivity index (χ3n) is 4.03. The van der Waals surface area contributed by atoms with Gasteiger partial charge in [-0.25, -0.2) is 8.42 Å². The topological polar surface area (TPSA) is 66.4 Å². The first-order chi connectivity index (χ1) is 11.0. The van der Waals surface area contributed by atoms with Crippen molar-refractivity contribution < 1.29 is 13.5 Å². The van der Waals surface area contributed by atoms with Crippen molar-refractivity contribution in [1.29, 1.82) is 0 Å². The number of hydrogen-bond donors (Lipinski definition) is 2. The molecule has 0 saturated heterocycles. The Kier molecular flexibility index (Phi) is 7.03. The van der Waals surface area contributed by atoms with Crippen LogP contribution in [0, 0.1) is 12.3 Å². The van der Waals surface area contributed by atoms with Crippen LogP contribution in [-0.2, 0) is 10.0 Å². The number of aliphatic hydroxyl groups is 1. The van der Waals surface area contributed by atoms with E-state index in [9.17, 15) is 13.5 Å². The lowest BCUT2D eigenvalue weighted by molar-refractivity contribution is 0.280. The van der Waals surface area contributed by atoms with Crippen LogP contribution in [0.4, 0.5) is 0 Å². The highest BCUT2D eigenvalue weighted by Gasteiger charge is 2.28. The van der Waals surface area contributed by atoms with Gasteiger partial charge in [-0.15, -0.1) is 6.42 Å². The Morgan fingerprint density at radius 3 is 1.79 bits per heavy atom. The summed E-state index contributed by atoms with van der Waals surface area (Å²) in [6.07, 6.45) is 5.29. The molecule has 0 fully saturated rings. The average molecular weight is 352 g/mol. The first kappa shape index (κ1) is 20.7. The fraction of sp³-hybridized carbons (Fsp3) is 0.579. The van der Waals surface area contributed by atoms with Crippen molar-refractivity contribution in [3.05, 3.63) is 28.8 Å². The highest BCUT2D eigenvalue weighted by Crippen LogP contribution is 2.35. The van der Waals surface area contributed by atoms with Crippen molar-refractivity contribution in [2.75, 3.05) is 6.61 Å². The Bertz CT molecular complexity index is 684. The molecule has 0 spiro atoms. The molecular weight excluding hydrogens is 322 g/mol. The van der Waals surface area contributed by atoms with E-state index < -0.39 is 22.7 Å². The summed E-state index contributed by atoms with van der Waals surface area (Å²) in [5.41, 5.74) is 2.69. The van der Waals surface area contributed by atoms with Gasteiger partial charge in [-0.2, -0.15) is 4.72 Å². The first-order valence-corrected chi connectivity index (χ1v) is 9.80. The van der Waals surface area contributed by atoms with Crippen LogP contribution in [0.1, 0.15) is 76.0 Å². The van der Waals surface area contributed by atoms with Crippen molar-refractivity contribution >= 4 is 10.0 Å². The van der Waals surface area contributed by atoms with Crippen molar-refractivity contribution in [1.82, 2.24) is 4.72 Å². The lowest BCUT2D eigenvalue weighted by Gasteiger charge is -2.23. The molecule has 24 heavy (non-hydrogen) atoms. The maximum absolute atomic E-state index is 13.0. The third kappa shape index (κ3) is 4.60. The molecule has 0 amide bonds. The number of nitrogens with one attached hydrogen (secondary N) is 1. The van der Waals surface area contributed by atoms with E-state index in [1.165, 1.54) is 0 Å². The number of aliphatic hydroxyl groups excluding tert-OH is 1. The van der Waals surface area contributed by atoms with E-state index in [-0.39, 0.29) is 11.8 Å². The molecular formula is C19H29NO3S. The van der Waals surface area contributed by atoms with E-state index in [1.807, 2.05) is 39.8 Å². The van der Waals surface area contributed by atoms with Crippen LogP contribution in [0.15, 0.2) is 17.0 Å². The Morgan fingerprint density at radius 1 is 1.04 bits per heavy atom. The number of benzene rings is 1. The number of terminal acetylenes is 1. The fourth-order valence-electron chi connectivity index (χ4n) is 2.57. The van der Waals surface area contributed by atoms with Crippen LogP contribution in [0.5, 0.6) is 0 Å². The van der Waals surface area contributed by atoms with Crippen LogP contribution in [-0.4, -0.2) is 26.2 Å². The molecule has 0 saturated carbocycles. The molecule has 1 aromatic carbocycles. The summed E-state index contributed by atoms with van der Waals surface area (Å²) in [6.45, 7) is 11.7. The van der Waals surface area contributed by atoms with Gasteiger partial charge in [-0.05, 0) is 34.4 Å². The SMILES string of the molecule is C#CC(CO)NS(=O)(=O)c1c(C(C)C)cc(C(C)C)cc1C(C)C. The van der Waals surface area contributed by atoms with Gasteiger partial charge in [-0.3, -0.25) is 0 Å². The Morgan fingerprint density at radius 2 is 1.50 bits per heavy atom. The molecule has 134 valence electrons. The molecule has 1 atom stereocenters. The Balaban J connectivity index is 3.69. The second kappa shape index (κ2) is 8.15. The summed E-state index contributed by atoms with van der Waals surface area (Å²) >= 11 is 0. The molecule has 2 N–H and O–H groups in total. The molecule has 1 aromatic rings. The smallest absolute Gasteiger partial charge is 0.242 e. The van der Waals surface area contributed by atoms with E-state index >= 15 is 0 Å². The molecule has 0 aliphatic rings. The summed E-state index contributed by atoms with van der Waals surface area (Å²) in [7, 11) is -3.83. The predicted molar refractivity (Wildman–Crippen MR) is 98.7 cm³/mol. The van der Waals surface area contributed by atoms with E-state index in [0.717, 1.165) is 16.7 Å². The molecule has 0 radical (unpaired) electrons. The van der Waals surface area contributed by atoms with Crippen molar-refractivity contribution in [2.24, 2.45) is 0 Å². The van der Waals surface area contributed by atoms with E-state index in [0.29, 0.717) is 10.8 Å². The molecule has 4 nitrogen and oxygen atoms in total. The van der Waals surface area contributed by atoms with Crippen molar-refractivity contribution in [2.45, 2.75) is 70.2 Å². The Labute approximate surface area is 146 Å². The molecule has 0 aliphatic carbocycles. The fourth-order valence-corrected chi connectivity index (χ4v) is 4.41. The standard InChI is InChI=1S/C19H29NO3S/c1-8-16(11-21)20-24(22,23)19-17(13(4)5)9-15(12(2)3)10-18(19)14(6)7/h1,9-10,12-14,16,20-21H,11H2,2-7H3. The van der Waals surface area contributed by atoms with E-state index in [4.69, 9.17) is 6.42 Å². The van der Waals surface area contributed by atoms with Gasteiger partial charge < -0.3 is 5.11 Å². The zero-order valence-electron chi connectivity index (χ0n) is 15.4. The van der Waals surface area contributed by atoms with E-state index in [2.05, 4.69) is 24.5 Å². The van der Waals surface area contributed by atoms with Crippen molar-refractivity contribution in [3.63, 3.8) is 0 Å². The molecule has 1 unspecified atom stereocenters. The van der Waals surface area contributed by atoms with Gasteiger partial charge in [0.2, 0.25) is 10.0 Å². The quantitative estimate of drug-likeness (QED) is 0.741. The largest absolute Gasteiger partial charge is 0.394 e. The minimum Gasteiger partial charge on any atom is -0.394 e. The second-order valence-electron chi connectivity index (χ2n) is 7.02. The molecule has 0 aromatic heterocycles. The van der Waals surface area contributed by atoms with Gasteiger partial charge in [0.1, 0.15) is 6.04 Å². The number of rotatable bonds is 7.